The molecule has 0 bridgehead atoms. The van der Waals surface area contributed by atoms with Crippen LogP contribution >= 0.6 is 0 Å². The van der Waals surface area contributed by atoms with Crippen LogP contribution < -0.4 is 5.32 Å². The number of anilines is 1. The number of benzene rings is 1. The number of nitrogens with zero attached hydrogens (tertiary/aromatic N) is 2. The molecule has 0 unspecified atom stereocenters. The van der Waals surface area contributed by atoms with Gasteiger partial charge in [-0.3, -0.25) is 19.3 Å². The van der Waals surface area contributed by atoms with E-state index in [0.29, 0.717) is 50.9 Å². The minimum Gasteiger partial charge on any atom is -0.459 e. The van der Waals surface area contributed by atoms with Crippen LogP contribution in [0.5, 0.6) is 0 Å². The van der Waals surface area contributed by atoms with Crippen LogP contribution in [0.1, 0.15) is 119 Å². The second-order valence-electron chi connectivity index (χ2n) is 18.4. The summed E-state index contributed by atoms with van der Waals surface area (Å²) >= 11 is 0. The normalized spacial score (nSPS) is 36.6. The number of likely N-dealkylation sites (N-methyl/N-ethyl adjacent to an activating group) is 2. The molecule has 0 spiro atoms. The third-order valence-corrected chi connectivity index (χ3v) is 12.8. The summed E-state index contributed by atoms with van der Waals surface area (Å²) < 4.78 is 18.6. The number of amides is 1. The van der Waals surface area contributed by atoms with Crippen LogP contribution in [0.3, 0.4) is 0 Å². The topological polar surface area (TPSA) is 219 Å². The summed E-state index contributed by atoms with van der Waals surface area (Å²) in [6, 6.07) is 6.55. The Hall–Kier alpha value is -2.57. The number of aliphatic hydroxyl groups excluding tert-OH is 4. The van der Waals surface area contributed by atoms with Gasteiger partial charge >= 0.3 is 5.97 Å². The van der Waals surface area contributed by atoms with Crippen molar-refractivity contribution in [3.8, 4) is 0 Å². The maximum absolute atomic E-state index is 13.6. The molecule has 14 atom stereocenters. The number of cyclic esters (lactones) is 1. The molecule has 0 saturated carbocycles. The summed E-state index contributed by atoms with van der Waals surface area (Å²) in [5, 5.41) is 70.4. The molecular weight excluding hydrogens is 775 g/mol. The van der Waals surface area contributed by atoms with Crippen molar-refractivity contribution in [1.82, 2.24) is 9.80 Å². The number of Topliss-reactive ketones (excluding diaryl/α,β-unsaturated/α-hetero) is 1. The number of rotatable bonds is 15. The lowest BCUT2D eigenvalue weighted by Crippen LogP contribution is -2.59. The van der Waals surface area contributed by atoms with E-state index in [1.54, 1.807) is 27.7 Å². The van der Waals surface area contributed by atoms with Gasteiger partial charge in [-0.2, -0.15) is 0 Å². The minimum absolute atomic E-state index is 0.0922. The lowest BCUT2D eigenvalue weighted by Gasteiger charge is -2.47. The molecule has 2 saturated heterocycles. The Morgan fingerprint density at radius 2 is 1.58 bits per heavy atom. The van der Waals surface area contributed by atoms with Gasteiger partial charge in [0.15, 0.2) is 12.1 Å². The van der Waals surface area contributed by atoms with Gasteiger partial charge in [0, 0.05) is 49.6 Å². The SMILES string of the molecule is CC[C@H]1OC(=O)[C@H](C)[C@@H](O)[C@H](C)[C@@H](O[C@@H]2O[C@H](C)C[C@H](N(C)Cc3ccc(NC(=O)CCCCCCC(=O)CO)cc3)[C@H]2O)[C@](C)(O)C[C@@H](C)CN(C)[C@H](C)[C@@H](O)[C@]1(C)O. The summed E-state index contributed by atoms with van der Waals surface area (Å²) in [4.78, 5) is 41.2. The molecule has 0 aromatic heterocycles. The van der Waals surface area contributed by atoms with Crippen LogP contribution in [0.25, 0.3) is 0 Å². The van der Waals surface area contributed by atoms with E-state index >= 15 is 0 Å². The third-order valence-electron chi connectivity index (χ3n) is 12.8. The van der Waals surface area contributed by atoms with E-state index in [-0.39, 0.29) is 36.6 Å². The molecule has 15 heteroatoms. The lowest BCUT2D eigenvalue weighted by atomic mass is 9.78. The number of unbranched alkanes of at least 4 members (excludes halogenated alkanes) is 3. The molecule has 2 fully saturated rings. The summed E-state index contributed by atoms with van der Waals surface area (Å²) in [6.07, 6.45) is -2.83. The van der Waals surface area contributed by atoms with E-state index in [4.69, 9.17) is 19.3 Å². The largest absolute Gasteiger partial charge is 0.459 e. The molecule has 1 amide bonds. The molecule has 60 heavy (non-hydrogen) atoms. The predicted molar refractivity (Wildman–Crippen MR) is 228 cm³/mol. The van der Waals surface area contributed by atoms with Gasteiger partial charge in [0.25, 0.3) is 0 Å². The Balaban J connectivity index is 1.75. The van der Waals surface area contributed by atoms with E-state index in [1.165, 1.54) is 13.8 Å². The highest BCUT2D eigenvalue weighted by atomic mass is 16.7. The first-order chi connectivity index (χ1) is 28.0. The zero-order chi connectivity index (χ0) is 45.1. The molecule has 1 aromatic rings. The third kappa shape index (κ3) is 14.2. The van der Waals surface area contributed by atoms with Gasteiger partial charge in [-0.05, 0) is 104 Å². The standard InChI is InChI=1S/C45H77N3O12/c1-11-36-45(8,57)40(54)31(6)47(9)24-27(2)23-44(7,56)41(29(4)38(52)30(5)42(55)59-36)60-43-39(53)35(22-28(3)58-43)48(10)25-32-18-20-33(21-19-32)46-37(51)17-15-13-12-14-16-34(50)26-49/h18-21,27-31,35-36,38-41,43,49,52-54,56-57H,11-17,22-26H2,1-10H3,(H,46,51)/t27-,28-,29+,30-,31-,35+,36-,38+,39-,40-,41-,43+,44-,45-/m1/s1. The first-order valence-corrected chi connectivity index (χ1v) is 22.0. The number of carbonyl (C=O) groups is 3. The zero-order valence-electron chi connectivity index (χ0n) is 37.8. The molecule has 3 rings (SSSR count). The van der Waals surface area contributed by atoms with E-state index < -0.39 is 84.5 Å². The van der Waals surface area contributed by atoms with Crippen molar-refractivity contribution in [2.75, 3.05) is 32.6 Å². The Labute approximate surface area is 357 Å². The van der Waals surface area contributed by atoms with Gasteiger partial charge in [0.05, 0.1) is 29.8 Å². The molecule has 2 aliphatic heterocycles. The number of hydrogen-bond acceptors (Lipinski definition) is 14. The fourth-order valence-corrected chi connectivity index (χ4v) is 9.02. The first kappa shape index (κ1) is 51.8. The second-order valence-corrected chi connectivity index (χ2v) is 18.4. The summed E-state index contributed by atoms with van der Waals surface area (Å²) in [5.41, 5.74) is -1.76. The molecule has 0 radical (unpaired) electrons. The molecule has 1 aromatic carbocycles. The van der Waals surface area contributed by atoms with Gasteiger partial charge in [-0.15, -0.1) is 0 Å². The van der Waals surface area contributed by atoms with Crippen molar-refractivity contribution in [3.05, 3.63) is 29.8 Å². The van der Waals surface area contributed by atoms with Crippen LogP contribution in [0.15, 0.2) is 24.3 Å². The highest BCUT2D eigenvalue weighted by Gasteiger charge is 2.50. The van der Waals surface area contributed by atoms with Gasteiger partial charge < -0.3 is 55.1 Å². The van der Waals surface area contributed by atoms with Crippen LogP contribution in [0.2, 0.25) is 0 Å². The summed E-state index contributed by atoms with van der Waals surface area (Å²) in [6.45, 7) is 14.1. The average Bonchev–Trinajstić information content (AvgIpc) is 3.19. The van der Waals surface area contributed by atoms with Crippen molar-refractivity contribution < 1.29 is 59.2 Å². The van der Waals surface area contributed by atoms with Crippen LogP contribution in [0.4, 0.5) is 5.69 Å². The lowest BCUT2D eigenvalue weighted by molar-refractivity contribution is -0.300. The number of ether oxygens (including phenoxy) is 3. The van der Waals surface area contributed by atoms with Crippen molar-refractivity contribution in [1.29, 1.82) is 0 Å². The molecule has 0 aliphatic carbocycles. The number of nitrogens with one attached hydrogen (secondary N) is 1. The van der Waals surface area contributed by atoms with E-state index in [9.17, 15) is 39.9 Å². The Morgan fingerprint density at radius 1 is 0.967 bits per heavy atom. The van der Waals surface area contributed by atoms with Crippen LogP contribution in [-0.4, -0.2) is 152 Å². The summed E-state index contributed by atoms with van der Waals surface area (Å²) in [5.74, 6) is -3.15. The number of aliphatic hydroxyl groups is 6. The van der Waals surface area contributed by atoms with Crippen molar-refractivity contribution in [3.63, 3.8) is 0 Å². The van der Waals surface area contributed by atoms with E-state index in [1.807, 2.05) is 62.0 Å². The van der Waals surface area contributed by atoms with Crippen molar-refractivity contribution in [2.24, 2.45) is 17.8 Å². The van der Waals surface area contributed by atoms with Crippen LogP contribution in [-0.2, 0) is 35.1 Å². The maximum atomic E-state index is 13.6. The maximum Gasteiger partial charge on any atom is 0.311 e. The summed E-state index contributed by atoms with van der Waals surface area (Å²) in [7, 11) is 3.72. The monoisotopic (exact) mass is 852 g/mol. The average molecular weight is 852 g/mol. The van der Waals surface area contributed by atoms with Crippen molar-refractivity contribution >= 4 is 23.3 Å². The quantitative estimate of drug-likeness (QED) is 0.0995. The fraction of sp³-hybridized carbons (Fsp3) is 0.800. The molecule has 15 nitrogen and oxygen atoms in total. The fourth-order valence-electron chi connectivity index (χ4n) is 9.02. The molecule has 7 N–H and O–H groups in total. The molecule has 344 valence electrons. The number of esters is 1. The van der Waals surface area contributed by atoms with E-state index in [2.05, 4.69) is 5.32 Å². The minimum atomic E-state index is -1.79. The van der Waals surface area contributed by atoms with Gasteiger partial charge in [0.2, 0.25) is 5.91 Å². The van der Waals surface area contributed by atoms with E-state index in [0.717, 1.165) is 18.4 Å². The highest BCUT2D eigenvalue weighted by molar-refractivity contribution is 5.90. The Morgan fingerprint density at radius 3 is 2.18 bits per heavy atom. The second kappa shape index (κ2) is 23.2. The number of ketones is 1. The highest BCUT2D eigenvalue weighted by Crippen LogP contribution is 2.37. The molecule has 2 heterocycles. The molecular formula is C45H77N3O12. The first-order valence-electron chi connectivity index (χ1n) is 22.0. The number of hydrogen-bond donors (Lipinski definition) is 7. The zero-order valence-corrected chi connectivity index (χ0v) is 37.8. The predicted octanol–water partition coefficient (Wildman–Crippen LogP) is 3.39. The Kier molecular flexibility index (Phi) is 20.0. The number of carbonyl (C=O) groups excluding carboxylic acids is 3. The molecule has 2 aliphatic rings. The smallest absolute Gasteiger partial charge is 0.311 e. The van der Waals surface area contributed by atoms with Crippen LogP contribution in [0, 0.1) is 17.8 Å². The van der Waals surface area contributed by atoms with Gasteiger partial charge in [-0.25, -0.2) is 0 Å². The Bertz CT molecular complexity index is 1490. The van der Waals surface area contributed by atoms with Gasteiger partial charge in [-0.1, -0.05) is 45.7 Å². The van der Waals surface area contributed by atoms with Gasteiger partial charge in [0.1, 0.15) is 30.5 Å². The van der Waals surface area contributed by atoms with Crippen molar-refractivity contribution in [2.45, 2.75) is 186 Å².